The fourth-order valence-electron chi connectivity index (χ4n) is 5.39. The summed E-state index contributed by atoms with van der Waals surface area (Å²) in [7, 11) is 0. The van der Waals surface area contributed by atoms with Gasteiger partial charge in [-0.3, -0.25) is 4.79 Å². The number of rotatable bonds is 15. The maximum absolute atomic E-state index is 12.7. The number of ether oxygens (including phenoxy) is 1. The second kappa shape index (κ2) is 16.2. The smallest absolute Gasteiger partial charge is 0.314 e. The molecule has 0 bridgehead atoms. The van der Waals surface area contributed by atoms with Crippen LogP contribution in [0.25, 0.3) is 0 Å². The Kier molecular flexibility index (Phi) is 12.6. The van der Waals surface area contributed by atoms with Gasteiger partial charge >= 0.3 is 5.97 Å². The fourth-order valence-corrected chi connectivity index (χ4v) is 5.39. The van der Waals surface area contributed by atoms with Gasteiger partial charge < -0.3 is 4.74 Å². The number of hydrogen-bond acceptors (Lipinski definition) is 3. The summed E-state index contributed by atoms with van der Waals surface area (Å²) in [5.74, 6) is 1.45. The van der Waals surface area contributed by atoms with Crippen LogP contribution in [0.1, 0.15) is 114 Å². The van der Waals surface area contributed by atoms with Crippen molar-refractivity contribution in [1.82, 2.24) is 0 Å². The van der Waals surface area contributed by atoms with Crippen LogP contribution in [-0.4, -0.2) is 5.97 Å². The van der Waals surface area contributed by atoms with Crippen LogP contribution >= 0.6 is 0 Å². The third kappa shape index (κ3) is 10.2. The molecule has 0 unspecified atom stereocenters. The van der Waals surface area contributed by atoms with Crippen molar-refractivity contribution >= 4 is 5.97 Å². The number of hydrogen-bond donors (Lipinski definition) is 0. The summed E-state index contributed by atoms with van der Waals surface area (Å²) in [6.45, 7) is 2.28. The highest BCUT2D eigenvalue weighted by molar-refractivity contribution is 5.75. The van der Waals surface area contributed by atoms with Crippen LogP contribution in [0, 0.1) is 23.2 Å². The van der Waals surface area contributed by atoms with E-state index in [1.54, 1.807) is 0 Å². The van der Waals surface area contributed by atoms with Gasteiger partial charge in [0.25, 0.3) is 0 Å². The minimum atomic E-state index is -0.0538. The van der Waals surface area contributed by atoms with E-state index in [0.29, 0.717) is 11.3 Å². The summed E-state index contributed by atoms with van der Waals surface area (Å²) < 4.78 is 5.72. The highest BCUT2D eigenvalue weighted by Gasteiger charge is 2.27. The summed E-state index contributed by atoms with van der Waals surface area (Å²) >= 11 is 0. The van der Waals surface area contributed by atoms with Gasteiger partial charge in [0.2, 0.25) is 0 Å². The lowest BCUT2D eigenvalue weighted by Crippen LogP contribution is -2.25. The molecule has 1 saturated carbocycles. The number of carbonyl (C=O) groups is 1. The molecule has 2 aromatic carbocycles. The first-order valence-corrected chi connectivity index (χ1v) is 14.5. The number of aryl methyl sites for hydroxylation is 2. The van der Waals surface area contributed by atoms with Gasteiger partial charge in [-0.15, -0.1) is 0 Å². The summed E-state index contributed by atoms with van der Waals surface area (Å²) in [6, 6.07) is 17.8. The SMILES string of the molecule is CCCCCCCCCCCC1CCC(C(=O)Oc2ccc(CCc3ccc(C#N)cc3)cc2)CC1. The monoisotopic (exact) mass is 487 g/mol. The van der Waals surface area contributed by atoms with Crippen molar-refractivity contribution in [2.45, 2.75) is 110 Å². The standard InChI is InChI=1S/C33H45NO2/c1-2-3-4-5-6-7-8-9-10-11-27-18-22-31(23-19-27)33(35)36-32-24-20-29(21-25-32)13-12-28-14-16-30(26-34)17-15-28/h14-17,20-21,24-25,27,31H,2-13,18-19,22-23H2,1H3. The van der Waals surface area contributed by atoms with E-state index in [2.05, 4.69) is 13.0 Å². The van der Waals surface area contributed by atoms with Crippen LogP contribution < -0.4 is 4.74 Å². The number of esters is 1. The molecule has 1 aliphatic carbocycles. The first kappa shape index (κ1) is 28.0. The second-order valence-corrected chi connectivity index (χ2v) is 10.7. The van der Waals surface area contributed by atoms with Gasteiger partial charge in [-0.2, -0.15) is 5.26 Å². The van der Waals surface area contributed by atoms with Gasteiger partial charge in [0.1, 0.15) is 5.75 Å². The summed E-state index contributed by atoms with van der Waals surface area (Å²) in [5.41, 5.74) is 3.13. The number of unbranched alkanes of at least 4 members (excludes halogenated alkanes) is 8. The maximum Gasteiger partial charge on any atom is 0.314 e. The van der Waals surface area contributed by atoms with Crippen molar-refractivity contribution in [2.75, 3.05) is 0 Å². The molecule has 0 N–H and O–H groups in total. The Bertz CT molecular complexity index is 918. The van der Waals surface area contributed by atoms with Crippen LogP contribution in [0.2, 0.25) is 0 Å². The van der Waals surface area contributed by atoms with Crippen LogP contribution in [0.4, 0.5) is 0 Å². The van der Waals surface area contributed by atoms with Crippen LogP contribution in [0.15, 0.2) is 48.5 Å². The second-order valence-electron chi connectivity index (χ2n) is 10.7. The summed E-state index contributed by atoms with van der Waals surface area (Å²) in [5, 5.41) is 8.91. The summed E-state index contributed by atoms with van der Waals surface area (Å²) in [4.78, 5) is 12.7. The molecule has 1 aliphatic rings. The number of benzene rings is 2. The average Bonchev–Trinajstić information content (AvgIpc) is 2.92. The van der Waals surface area contributed by atoms with Crippen molar-refractivity contribution in [3.05, 3.63) is 65.2 Å². The van der Waals surface area contributed by atoms with Crippen molar-refractivity contribution in [1.29, 1.82) is 5.26 Å². The lowest BCUT2D eigenvalue weighted by Gasteiger charge is -2.27. The van der Waals surface area contributed by atoms with Gasteiger partial charge in [0.05, 0.1) is 17.6 Å². The molecule has 36 heavy (non-hydrogen) atoms. The first-order chi connectivity index (χ1) is 17.7. The molecule has 3 nitrogen and oxygen atoms in total. The molecule has 2 aromatic rings. The fraction of sp³-hybridized carbons (Fsp3) is 0.576. The van der Waals surface area contributed by atoms with E-state index in [0.717, 1.165) is 31.6 Å². The van der Waals surface area contributed by atoms with Crippen LogP contribution in [0.5, 0.6) is 5.75 Å². The summed E-state index contributed by atoms with van der Waals surface area (Å²) in [6.07, 6.45) is 20.0. The van der Waals surface area contributed by atoms with Gasteiger partial charge in [0.15, 0.2) is 0 Å². The molecule has 0 aliphatic heterocycles. The quantitative estimate of drug-likeness (QED) is 0.143. The molecule has 0 amide bonds. The van der Waals surface area contributed by atoms with E-state index in [4.69, 9.17) is 10.00 Å². The Hall–Kier alpha value is -2.60. The third-order valence-corrected chi connectivity index (χ3v) is 7.82. The zero-order valence-corrected chi connectivity index (χ0v) is 22.4. The van der Waals surface area contributed by atoms with E-state index >= 15 is 0 Å². The Morgan fingerprint density at radius 1 is 0.778 bits per heavy atom. The highest BCUT2D eigenvalue weighted by Crippen LogP contribution is 2.33. The molecule has 3 heteroatoms. The van der Waals surface area contributed by atoms with Crippen molar-refractivity contribution in [3.8, 4) is 11.8 Å². The van der Waals surface area contributed by atoms with Gasteiger partial charge in [-0.05, 0) is 79.8 Å². The van der Waals surface area contributed by atoms with E-state index in [1.807, 2.05) is 48.5 Å². The molecule has 0 atom stereocenters. The zero-order valence-electron chi connectivity index (χ0n) is 22.4. The van der Waals surface area contributed by atoms with Gasteiger partial charge in [-0.1, -0.05) is 95.4 Å². The topological polar surface area (TPSA) is 50.1 Å². The minimum Gasteiger partial charge on any atom is -0.426 e. The van der Waals surface area contributed by atoms with Crippen LogP contribution in [0.3, 0.4) is 0 Å². The highest BCUT2D eigenvalue weighted by atomic mass is 16.5. The molecule has 3 rings (SSSR count). The Morgan fingerprint density at radius 3 is 1.86 bits per heavy atom. The molecular formula is C33H45NO2. The van der Waals surface area contributed by atoms with Crippen molar-refractivity contribution < 1.29 is 9.53 Å². The van der Waals surface area contributed by atoms with E-state index in [9.17, 15) is 4.79 Å². The average molecular weight is 488 g/mol. The van der Waals surface area contributed by atoms with Gasteiger partial charge in [0, 0.05) is 0 Å². The number of nitriles is 1. The number of nitrogens with zero attached hydrogens (tertiary/aromatic N) is 1. The van der Waals surface area contributed by atoms with Crippen molar-refractivity contribution in [3.63, 3.8) is 0 Å². The Morgan fingerprint density at radius 2 is 1.31 bits per heavy atom. The predicted molar refractivity (Wildman–Crippen MR) is 148 cm³/mol. The Labute approximate surface area is 219 Å². The molecule has 194 valence electrons. The molecule has 0 saturated heterocycles. The largest absolute Gasteiger partial charge is 0.426 e. The molecule has 0 aromatic heterocycles. The zero-order chi connectivity index (χ0) is 25.4. The Balaban J connectivity index is 1.27. The van der Waals surface area contributed by atoms with Crippen molar-refractivity contribution in [2.24, 2.45) is 11.8 Å². The van der Waals surface area contributed by atoms with E-state index in [1.165, 1.54) is 88.2 Å². The molecule has 0 radical (unpaired) electrons. The molecule has 1 fully saturated rings. The van der Waals surface area contributed by atoms with Crippen LogP contribution in [-0.2, 0) is 17.6 Å². The lowest BCUT2D eigenvalue weighted by molar-refractivity contribution is -0.140. The first-order valence-electron chi connectivity index (χ1n) is 14.5. The van der Waals surface area contributed by atoms with E-state index in [-0.39, 0.29) is 11.9 Å². The molecule has 0 spiro atoms. The van der Waals surface area contributed by atoms with E-state index < -0.39 is 0 Å². The predicted octanol–water partition coefficient (Wildman–Crippen LogP) is 8.98. The lowest BCUT2D eigenvalue weighted by atomic mass is 9.79. The third-order valence-electron chi connectivity index (χ3n) is 7.82. The molecule has 0 heterocycles. The van der Waals surface area contributed by atoms with Gasteiger partial charge in [-0.25, -0.2) is 0 Å². The maximum atomic E-state index is 12.7. The number of carbonyl (C=O) groups excluding carboxylic acids is 1. The molecular weight excluding hydrogens is 442 g/mol. The normalized spacial score (nSPS) is 17.4. The minimum absolute atomic E-state index is 0.0538.